The lowest BCUT2D eigenvalue weighted by Crippen LogP contribution is -2.65. The summed E-state index contributed by atoms with van der Waals surface area (Å²) in [7, 11) is 0. The van der Waals surface area contributed by atoms with Gasteiger partial charge < -0.3 is 25.2 Å². The van der Waals surface area contributed by atoms with Crippen molar-refractivity contribution in [3.63, 3.8) is 0 Å². The van der Waals surface area contributed by atoms with E-state index in [1.165, 1.54) is 44.9 Å². The van der Waals surface area contributed by atoms with Gasteiger partial charge >= 0.3 is 0 Å². The highest BCUT2D eigenvalue weighted by atomic mass is 17.2. The first-order valence-electron chi connectivity index (χ1n) is 10.7. The fourth-order valence-corrected chi connectivity index (χ4v) is 3.42. The topological polar surface area (TPSA) is 109 Å². The monoisotopic (exact) mass is 392 g/mol. The van der Waals surface area contributed by atoms with Crippen LogP contribution in [0.5, 0.6) is 0 Å². The molecular formula is C20H40O7. The van der Waals surface area contributed by atoms with Crippen LogP contribution in [0.4, 0.5) is 0 Å². The number of unbranched alkanes of at least 4 members (excludes halogenated alkanes) is 9. The number of rotatable bonds is 15. The summed E-state index contributed by atoms with van der Waals surface area (Å²) < 4.78 is 5.51. The van der Waals surface area contributed by atoms with E-state index in [2.05, 4.69) is 6.92 Å². The molecule has 0 aromatic carbocycles. The highest BCUT2D eigenvalue weighted by Crippen LogP contribution is 2.34. The molecule has 0 radical (unpaired) electrons. The first-order valence-corrected chi connectivity index (χ1v) is 10.7. The van der Waals surface area contributed by atoms with Crippen LogP contribution in [-0.2, 0) is 14.5 Å². The Bertz CT molecular complexity index is 366. The molecular weight excluding hydrogens is 352 g/mol. The van der Waals surface area contributed by atoms with Crippen molar-refractivity contribution in [1.82, 2.24) is 0 Å². The van der Waals surface area contributed by atoms with E-state index in [0.29, 0.717) is 6.61 Å². The Kier molecular flexibility index (Phi) is 12.7. The van der Waals surface area contributed by atoms with Crippen molar-refractivity contribution in [1.29, 1.82) is 0 Å². The van der Waals surface area contributed by atoms with Crippen molar-refractivity contribution in [2.75, 3.05) is 13.2 Å². The molecule has 4 N–H and O–H groups in total. The minimum Gasteiger partial charge on any atom is -0.394 e. The van der Waals surface area contributed by atoms with Gasteiger partial charge in [0.1, 0.15) is 24.4 Å². The zero-order chi connectivity index (χ0) is 20.1. The van der Waals surface area contributed by atoms with Crippen molar-refractivity contribution in [2.24, 2.45) is 0 Å². The van der Waals surface area contributed by atoms with Gasteiger partial charge in [-0.25, -0.2) is 4.89 Å². The van der Waals surface area contributed by atoms with Crippen LogP contribution in [0.15, 0.2) is 0 Å². The van der Waals surface area contributed by atoms with Crippen LogP contribution in [0.25, 0.3) is 0 Å². The molecule has 0 saturated carbocycles. The Hall–Kier alpha value is -0.280. The van der Waals surface area contributed by atoms with Gasteiger partial charge in [-0.1, -0.05) is 71.6 Å². The van der Waals surface area contributed by atoms with Gasteiger partial charge in [-0.05, 0) is 6.42 Å². The van der Waals surface area contributed by atoms with E-state index in [1.54, 1.807) is 6.92 Å². The molecule has 1 fully saturated rings. The summed E-state index contributed by atoms with van der Waals surface area (Å²) in [5.74, 6) is -1.59. The standard InChI is InChI=1S/C20H40O7/c1-3-5-6-7-8-9-10-11-12-13-14-25-27-20(4-2)19(24)18(23)17(22)16(15-21)26-20/h16-19,21-24H,3-15H2,1-2H3/t16-,17-,18+,19-,20-/m1/s1. The highest BCUT2D eigenvalue weighted by molar-refractivity contribution is 4.96. The van der Waals surface area contributed by atoms with Crippen molar-refractivity contribution in [3.8, 4) is 0 Å². The van der Waals surface area contributed by atoms with Crippen molar-refractivity contribution < 1.29 is 34.9 Å². The maximum Gasteiger partial charge on any atom is 0.230 e. The van der Waals surface area contributed by atoms with Crippen molar-refractivity contribution in [2.45, 2.75) is 115 Å². The van der Waals surface area contributed by atoms with Gasteiger partial charge in [0.05, 0.1) is 13.2 Å². The minimum atomic E-state index is -1.59. The molecule has 27 heavy (non-hydrogen) atoms. The third-order valence-corrected chi connectivity index (χ3v) is 5.31. The molecule has 0 aromatic rings. The van der Waals surface area contributed by atoms with Crippen LogP contribution < -0.4 is 0 Å². The van der Waals surface area contributed by atoms with Crippen LogP contribution in [0.2, 0.25) is 0 Å². The zero-order valence-electron chi connectivity index (χ0n) is 17.0. The van der Waals surface area contributed by atoms with Crippen LogP contribution >= 0.6 is 0 Å². The summed E-state index contributed by atoms with van der Waals surface area (Å²) in [6, 6.07) is 0. The molecule has 7 nitrogen and oxygen atoms in total. The summed E-state index contributed by atoms with van der Waals surface area (Å²) in [4.78, 5) is 10.5. The average molecular weight is 393 g/mol. The SMILES string of the molecule is CCCCCCCCCCCCOO[C@@]1(CC)O[C@H](CO)[C@@H](O)[C@H](O)[C@H]1O. The summed E-state index contributed by atoms with van der Waals surface area (Å²) in [5, 5.41) is 39.3. The highest BCUT2D eigenvalue weighted by Gasteiger charge is 2.54. The molecule has 0 aliphatic carbocycles. The van der Waals surface area contributed by atoms with Gasteiger partial charge in [-0.15, -0.1) is 0 Å². The van der Waals surface area contributed by atoms with E-state index in [-0.39, 0.29) is 6.42 Å². The summed E-state index contributed by atoms with van der Waals surface area (Å²) in [5.41, 5.74) is 0. The molecule has 0 amide bonds. The quantitative estimate of drug-likeness (QED) is 0.192. The van der Waals surface area contributed by atoms with E-state index in [9.17, 15) is 20.4 Å². The Labute approximate surface area is 163 Å². The molecule has 0 spiro atoms. The molecule has 1 aliphatic rings. The third kappa shape index (κ3) is 7.93. The smallest absolute Gasteiger partial charge is 0.230 e. The summed E-state index contributed by atoms with van der Waals surface area (Å²) in [6.07, 6.45) is 7.00. The van der Waals surface area contributed by atoms with Gasteiger partial charge in [-0.3, -0.25) is 0 Å². The number of aliphatic hydroxyl groups excluding tert-OH is 4. The predicted molar refractivity (Wildman–Crippen MR) is 102 cm³/mol. The van der Waals surface area contributed by atoms with Gasteiger partial charge in [0.2, 0.25) is 5.79 Å². The van der Waals surface area contributed by atoms with Crippen LogP contribution in [0.1, 0.15) is 84.5 Å². The fraction of sp³-hybridized carbons (Fsp3) is 1.00. The first kappa shape index (κ1) is 24.8. The zero-order valence-corrected chi connectivity index (χ0v) is 17.0. The second-order valence-corrected chi connectivity index (χ2v) is 7.52. The summed E-state index contributed by atoms with van der Waals surface area (Å²) >= 11 is 0. The Morgan fingerprint density at radius 1 is 0.815 bits per heavy atom. The molecule has 0 aromatic heterocycles. The third-order valence-electron chi connectivity index (χ3n) is 5.31. The number of aliphatic hydroxyl groups is 4. The van der Waals surface area contributed by atoms with Gasteiger partial charge in [0.25, 0.3) is 0 Å². The van der Waals surface area contributed by atoms with Gasteiger partial charge in [0, 0.05) is 6.42 Å². The van der Waals surface area contributed by atoms with Crippen LogP contribution in [-0.4, -0.2) is 63.8 Å². The van der Waals surface area contributed by atoms with Crippen LogP contribution in [0.3, 0.4) is 0 Å². The molecule has 7 heteroatoms. The van der Waals surface area contributed by atoms with E-state index in [1.807, 2.05) is 0 Å². The molecule has 0 bridgehead atoms. The number of hydrogen-bond acceptors (Lipinski definition) is 7. The maximum absolute atomic E-state index is 10.2. The second-order valence-electron chi connectivity index (χ2n) is 7.52. The molecule has 5 atom stereocenters. The molecule has 1 saturated heterocycles. The molecule has 0 unspecified atom stereocenters. The lowest BCUT2D eigenvalue weighted by molar-refractivity contribution is -0.479. The Morgan fingerprint density at radius 3 is 1.89 bits per heavy atom. The lowest BCUT2D eigenvalue weighted by atomic mass is 9.91. The normalized spacial score (nSPS) is 31.3. The van der Waals surface area contributed by atoms with Crippen molar-refractivity contribution in [3.05, 3.63) is 0 Å². The molecule has 1 heterocycles. The van der Waals surface area contributed by atoms with E-state index in [4.69, 9.17) is 14.5 Å². The minimum absolute atomic E-state index is 0.201. The summed E-state index contributed by atoms with van der Waals surface area (Å²) in [6.45, 7) is 3.81. The predicted octanol–water partition coefficient (Wildman–Crippen LogP) is 2.44. The Balaban J connectivity index is 2.18. The van der Waals surface area contributed by atoms with Crippen molar-refractivity contribution >= 4 is 0 Å². The van der Waals surface area contributed by atoms with Gasteiger partial charge in [-0.2, -0.15) is 4.89 Å². The van der Waals surface area contributed by atoms with E-state index in [0.717, 1.165) is 19.3 Å². The maximum atomic E-state index is 10.2. The Morgan fingerprint density at radius 2 is 1.37 bits per heavy atom. The second kappa shape index (κ2) is 13.8. The van der Waals surface area contributed by atoms with E-state index >= 15 is 0 Å². The number of ether oxygens (including phenoxy) is 1. The lowest BCUT2D eigenvalue weighted by Gasteiger charge is -2.46. The molecule has 1 aliphatic heterocycles. The van der Waals surface area contributed by atoms with Gasteiger partial charge in [0.15, 0.2) is 0 Å². The number of hydrogen-bond donors (Lipinski definition) is 4. The fourth-order valence-electron chi connectivity index (χ4n) is 3.42. The average Bonchev–Trinajstić information content (AvgIpc) is 2.69. The largest absolute Gasteiger partial charge is 0.394 e. The molecule has 1 rings (SSSR count). The van der Waals surface area contributed by atoms with E-state index < -0.39 is 36.8 Å². The first-order chi connectivity index (χ1) is 13.0. The van der Waals surface area contributed by atoms with Crippen LogP contribution in [0, 0.1) is 0 Å². The molecule has 162 valence electrons.